The first-order valence-corrected chi connectivity index (χ1v) is 6.61. The standard InChI is InChI=1S/C11H12BrN3S/c1-7-6-16-10(15-7)5-9(13)11-8(12)3-2-4-14-11/h2-4,6,9H,5,13H2,1H3. The van der Waals surface area contributed by atoms with E-state index < -0.39 is 0 Å². The Morgan fingerprint density at radius 3 is 3.00 bits per heavy atom. The number of thiazole rings is 1. The van der Waals surface area contributed by atoms with Crippen LogP contribution in [0.15, 0.2) is 28.2 Å². The summed E-state index contributed by atoms with van der Waals surface area (Å²) in [6, 6.07) is 3.73. The molecule has 2 aromatic rings. The molecule has 2 rings (SSSR count). The highest BCUT2D eigenvalue weighted by Crippen LogP contribution is 2.23. The van der Waals surface area contributed by atoms with Gasteiger partial charge in [-0.1, -0.05) is 0 Å². The molecule has 5 heteroatoms. The summed E-state index contributed by atoms with van der Waals surface area (Å²) in [5, 5.41) is 3.10. The van der Waals surface area contributed by atoms with Gasteiger partial charge in [-0.15, -0.1) is 11.3 Å². The van der Waals surface area contributed by atoms with E-state index in [9.17, 15) is 0 Å². The summed E-state index contributed by atoms with van der Waals surface area (Å²) in [6.07, 6.45) is 2.49. The number of nitrogens with two attached hydrogens (primary N) is 1. The lowest BCUT2D eigenvalue weighted by Gasteiger charge is -2.10. The molecule has 2 aromatic heterocycles. The molecule has 1 atom stereocenters. The van der Waals surface area contributed by atoms with Crippen molar-refractivity contribution in [2.75, 3.05) is 0 Å². The zero-order valence-corrected chi connectivity index (χ0v) is 11.3. The van der Waals surface area contributed by atoms with Gasteiger partial charge in [0.2, 0.25) is 0 Å². The Morgan fingerprint density at radius 2 is 2.38 bits per heavy atom. The van der Waals surface area contributed by atoms with Crippen molar-refractivity contribution in [3.63, 3.8) is 0 Å². The van der Waals surface area contributed by atoms with Crippen LogP contribution in [0.2, 0.25) is 0 Å². The number of hydrogen-bond donors (Lipinski definition) is 1. The van der Waals surface area contributed by atoms with Crippen molar-refractivity contribution in [2.24, 2.45) is 5.73 Å². The molecule has 0 aliphatic heterocycles. The number of pyridine rings is 1. The smallest absolute Gasteiger partial charge is 0.0947 e. The molecule has 16 heavy (non-hydrogen) atoms. The molecule has 2 N–H and O–H groups in total. The fourth-order valence-corrected chi connectivity index (χ4v) is 2.83. The van der Waals surface area contributed by atoms with Gasteiger partial charge in [-0.25, -0.2) is 4.98 Å². The van der Waals surface area contributed by atoms with E-state index in [1.807, 2.05) is 24.4 Å². The maximum absolute atomic E-state index is 6.11. The van der Waals surface area contributed by atoms with Gasteiger partial charge in [0.05, 0.1) is 16.7 Å². The fourth-order valence-electron chi connectivity index (χ4n) is 1.45. The first kappa shape index (κ1) is 11.7. The number of rotatable bonds is 3. The van der Waals surface area contributed by atoms with Crippen LogP contribution in [0.1, 0.15) is 22.4 Å². The maximum Gasteiger partial charge on any atom is 0.0947 e. The summed E-state index contributed by atoms with van der Waals surface area (Å²) in [7, 11) is 0. The van der Waals surface area contributed by atoms with E-state index in [1.54, 1.807) is 17.5 Å². The van der Waals surface area contributed by atoms with Crippen LogP contribution in [0.3, 0.4) is 0 Å². The van der Waals surface area contributed by atoms with Crippen molar-refractivity contribution in [3.8, 4) is 0 Å². The zero-order chi connectivity index (χ0) is 11.5. The molecule has 0 bridgehead atoms. The monoisotopic (exact) mass is 297 g/mol. The molecule has 2 heterocycles. The Kier molecular flexibility index (Phi) is 3.68. The summed E-state index contributed by atoms with van der Waals surface area (Å²) in [5.74, 6) is 0. The van der Waals surface area contributed by atoms with Crippen molar-refractivity contribution in [1.82, 2.24) is 9.97 Å². The average Bonchev–Trinajstić information content (AvgIpc) is 2.64. The van der Waals surface area contributed by atoms with Crippen LogP contribution in [0.5, 0.6) is 0 Å². The van der Waals surface area contributed by atoms with E-state index in [0.29, 0.717) is 0 Å². The van der Waals surface area contributed by atoms with Gasteiger partial charge in [-0.3, -0.25) is 4.98 Å². The predicted molar refractivity (Wildman–Crippen MR) is 69.4 cm³/mol. The molecular formula is C11H12BrN3S. The molecule has 0 saturated heterocycles. The number of halogens is 1. The minimum Gasteiger partial charge on any atom is -0.322 e. The Bertz CT molecular complexity index is 484. The number of nitrogens with zero attached hydrogens (tertiary/aromatic N) is 2. The second kappa shape index (κ2) is 5.03. The van der Waals surface area contributed by atoms with Crippen molar-refractivity contribution in [1.29, 1.82) is 0 Å². The molecule has 0 aromatic carbocycles. The van der Waals surface area contributed by atoms with Crippen LogP contribution < -0.4 is 5.73 Å². The van der Waals surface area contributed by atoms with Crippen molar-refractivity contribution in [2.45, 2.75) is 19.4 Å². The van der Waals surface area contributed by atoms with Gasteiger partial charge in [0.25, 0.3) is 0 Å². The summed E-state index contributed by atoms with van der Waals surface area (Å²) < 4.78 is 0.954. The lowest BCUT2D eigenvalue weighted by Crippen LogP contribution is -2.15. The van der Waals surface area contributed by atoms with E-state index in [-0.39, 0.29) is 6.04 Å². The van der Waals surface area contributed by atoms with Gasteiger partial charge < -0.3 is 5.73 Å². The van der Waals surface area contributed by atoms with Crippen LogP contribution >= 0.6 is 27.3 Å². The van der Waals surface area contributed by atoms with E-state index >= 15 is 0 Å². The van der Waals surface area contributed by atoms with Gasteiger partial charge in [0, 0.05) is 28.2 Å². The lowest BCUT2D eigenvalue weighted by molar-refractivity contribution is 0.688. The molecule has 0 radical (unpaired) electrons. The third-order valence-electron chi connectivity index (χ3n) is 2.20. The molecule has 0 amide bonds. The van der Waals surface area contributed by atoms with E-state index in [2.05, 4.69) is 25.9 Å². The summed E-state index contributed by atoms with van der Waals surface area (Å²) in [5.41, 5.74) is 8.04. The van der Waals surface area contributed by atoms with Crippen molar-refractivity contribution in [3.05, 3.63) is 44.6 Å². The highest BCUT2D eigenvalue weighted by atomic mass is 79.9. The van der Waals surface area contributed by atoms with Gasteiger partial charge in [-0.2, -0.15) is 0 Å². The first-order chi connectivity index (χ1) is 7.66. The second-order valence-electron chi connectivity index (χ2n) is 3.56. The molecule has 1 unspecified atom stereocenters. The van der Waals surface area contributed by atoms with Crippen molar-refractivity contribution >= 4 is 27.3 Å². The third kappa shape index (κ3) is 2.66. The molecular weight excluding hydrogens is 286 g/mol. The SMILES string of the molecule is Cc1csc(CC(N)c2ncccc2Br)n1. The minimum absolute atomic E-state index is 0.110. The van der Waals surface area contributed by atoms with E-state index in [0.717, 1.165) is 27.3 Å². The normalized spacial score (nSPS) is 12.7. The highest BCUT2D eigenvalue weighted by Gasteiger charge is 2.13. The largest absolute Gasteiger partial charge is 0.322 e. The Labute approximate surface area is 107 Å². The second-order valence-corrected chi connectivity index (χ2v) is 5.36. The molecule has 3 nitrogen and oxygen atoms in total. The third-order valence-corrected chi connectivity index (χ3v) is 3.86. The summed E-state index contributed by atoms with van der Waals surface area (Å²) in [6.45, 7) is 1.99. The molecule has 0 spiro atoms. The number of aromatic nitrogens is 2. The minimum atomic E-state index is -0.110. The van der Waals surface area contributed by atoms with Gasteiger partial charge in [0.15, 0.2) is 0 Å². The Morgan fingerprint density at radius 1 is 1.56 bits per heavy atom. The molecule has 0 saturated carbocycles. The average molecular weight is 298 g/mol. The van der Waals surface area contributed by atoms with Gasteiger partial charge >= 0.3 is 0 Å². The highest BCUT2D eigenvalue weighted by molar-refractivity contribution is 9.10. The number of hydrogen-bond acceptors (Lipinski definition) is 4. The van der Waals surface area contributed by atoms with Crippen LogP contribution in [0.4, 0.5) is 0 Å². The Hall–Kier alpha value is -0.780. The molecule has 84 valence electrons. The molecule has 0 aliphatic rings. The predicted octanol–water partition coefficient (Wildman–Crippen LogP) is 2.85. The fraction of sp³-hybridized carbons (Fsp3) is 0.273. The summed E-state index contributed by atoms with van der Waals surface area (Å²) in [4.78, 5) is 8.69. The lowest BCUT2D eigenvalue weighted by atomic mass is 10.1. The molecule has 0 aliphatic carbocycles. The van der Waals surface area contributed by atoms with Gasteiger partial charge in [-0.05, 0) is 35.0 Å². The maximum atomic E-state index is 6.11. The quantitative estimate of drug-likeness (QED) is 0.948. The Balaban J connectivity index is 2.14. The summed E-state index contributed by atoms with van der Waals surface area (Å²) >= 11 is 5.10. The van der Waals surface area contributed by atoms with Crippen LogP contribution in [0, 0.1) is 6.92 Å². The first-order valence-electron chi connectivity index (χ1n) is 4.94. The van der Waals surface area contributed by atoms with Crippen LogP contribution in [0.25, 0.3) is 0 Å². The number of aryl methyl sites for hydroxylation is 1. The van der Waals surface area contributed by atoms with Crippen LogP contribution in [-0.2, 0) is 6.42 Å². The van der Waals surface area contributed by atoms with E-state index in [1.165, 1.54) is 0 Å². The van der Waals surface area contributed by atoms with Crippen molar-refractivity contribution < 1.29 is 0 Å². The van der Waals surface area contributed by atoms with Crippen LogP contribution in [-0.4, -0.2) is 9.97 Å². The van der Waals surface area contributed by atoms with E-state index in [4.69, 9.17) is 5.73 Å². The molecule has 0 fully saturated rings. The van der Waals surface area contributed by atoms with Gasteiger partial charge in [0.1, 0.15) is 0 Å². The topological polar surface area (TPSA) is 51.8 Å². The zero-order valence-electron chi connectivity index (χ0n) is 8.85.